The van der Waals surface area contributed by atoms with Crippen molar-refractivity contribution < 1.29 is 28.9 Å². The highest BCUT2D eigenvalue weighted by atomic mass is 16.5. The van der Waals surface area contributed by atoms with Gasteiger partial charge in [0.05, 0.1) is 14.2 Å². The molecule has 252 valence electrons. The van der Waals surface area contributed by atoms with Crippen LogP contribution in [0.4, 0.5) is 0 Å². The minimum atomic E-state index is -1.07. The van der Waals surface area contributed by atoms with Gasteiger partial charge in [-0.25, -0.2) is 4.79 Å². The van der Waals surface area contributed by atoms with Crippen molar-refractivity contribution in [3.05, 3.63) is 126 Å². The molecule has 49 heavy (non-hydrogen) atoms. The summed E-state index contributed by atoms with van der Waals surface area (Å²) in [4.78, 5) is 24.5. The maximum atomic E-state index is 12.9. The van der Waals surface area contributed by atoms with E-state index in [1.165, 1.54) is 18.4 Å². The molecule has 0 radical (unpaired) electrons. The lowest BCUT2D eigenvalue weighted by atomic mass is 9.91. The van der Waals surface area contributed by atoms with Gasteiger partial charge < -0.3 is 24.6 Å². The second kappa shape index (κ2) is 17.6. The summed E-state index contributed by atoms with van der Waals surface area (Å²) in [5.74, 6) is 0.699. The number of amides is 1. The molecule has 0 fully saturated rings. The van der Waals surface area contributed by atoms with Gasteiger partial charge in [-0.2, -0.15) is 0 Å². The van der Waals surface area contributed by atoms with Crippen molar-refractivity contribution in [2.45, 2.75) is 38.5 Å². The Hall–Kier alpha value is -5.56. The van der Waals surface area contributed by atoms with E-state index in [-0.39, 0.29) is 5.91 Å². The minimum absolute atomic E-state index is 0.0918. The summed E-state index contributed by atoms with van der Waals surface area (Å²) in [6.07, 6.45) is 6.69. The first-order valence-electron chi connectivity index (χ1n) is 16.7. The SMILES string of the molecule is COc1ccc(-c2cc(-c3ccc(C(=O)NCCCCCCCc4ccccc4)cc3)cc(-c3ccc(OC)cc3)c2OCC(=O)O)cc1. The van der Waals surface area contributed by atoms with E-state index in [0.717, 1.165) is 59.1 Å². The first kappa shape index (κ1) is 34.8. The van der Waals surface area contributed by atoms with E-state index >= 15 is 0 Å². The summed E-state index contributed by atoms with van der Waals surface area (Å²) >= 11 is 0. The van der Waals surface area contributed by atoms with Gasteiger partial charge in [0.2, 0.25) is 0 Å². The quantitative estimate of drug-likeness (QED) is 0.0969. The molecule has 0 spiro atoms. The molecule has 0 aliphatic heterocycles. The fourth-order valence-electron chi connectivity index (χ4n) is 5.80. The fraction of sp³-hybridized carbons (Fsp3) is 0.238. The van der Waals surface area contributed by atoms with Crippen LogP contribution in [0.1, 0.15) is 48.0 Å². The highest BCUT2D eigenvalue weighted by Gasteiger charge is 2.19. The van der Waals surface area contributed by atoms with Crippen molar-refractivity contribution in [3.8, 4) is 50.6 Å². The summed E-state index contributed by atoms with van der Waals surface area (Å²) < 4.78 is 16.7. The average Bonchev–Trinajstić information content (AvgIpc) is 3.15. The number of methoxy groups -OCH3 is 2. The van der Waals surface area contributed by atoms with Crippen LogP contribution in [-0.2, 0) is 11.2 Å². The van der Waals surface area contributed by atoms with Gasteiger partial charge in [-0.15, -0.1) is 0 Å². The lowest BCUT2D eigenvalue weighted by Gasteiger charge is -2.19. The van der Waals surface area contributed by atoms with Crippen molar-refractivity contribution >= 4 is 11.9 Å². The predicted octanol–water partition coefficient (Wildman–Crippen LogP) is 9.09. The van der Waals surface area contributed by atoms with E-state index in [2.05, 4.69) is 29.6 Å². The zero-order chi connectivity index (χ0) is 34.4. The number of carbonyl (C=O) groups is 2. The Labute approximate surface area is 288 Å². The zero-order valence-corrected chi connectivity index (χ0v) is 28.1. The van der Waals surface area contributed by atoms with Crippen molar-refractivity contribution in [2.24, 2.45) is 0 Å². The molecule has 0 atom stereocenters. The monoisotopic (exact) mass is 657 g/mol. The van der Waals surface area contributed by atoms with Gasteiger partial charge in [0.25, 0.3) is 5.91 Å². The van der Waals surface area contributed by atoms with Crippen LogP contribution >= 0.6 is 0 Å². The lowest BCUT2D eigenvalue weighted by molar-refractivity contribution is -0.139. The van der Waals surface area contributed by atoms with Crippen molar-refractivity contribution in [1.29, 1.82) is 0 Å². The van der Waals surface area contributed by atoms with Gasteiger partial charge in [-0.1, -0.05) is 86.0 Å². The number of unbranched alkanes of at least 4 members (excludes halogenated alkanes) is 4. The van der Waals surface area contributed by atoms with Gasteiger partial charge in [-0.05, 0) is 95.6 Å². The highest BCUT2D eigenvalue weighted by molar-refractivity contribution is 5.95. The van der Waals surface area contributed by atoms with E-state index in [1.54, 1.807) is 14.2 Å². The summed E-state index contributed by atoms with van der Waals surface area (Å²) in [5.41, 5.74) is 6.91. The number of hydrogen-bond donors (Lipinski definition) is 2. The molecule has 5 rings (SSSR count). The maximum Gasteiger partial charge on any atom is 0.341 e. The number of aryl methyl sites for hydroxylation is 1. The van der Waals surface area contributed by atoms with Crippen LogP contribution in [0.15, 0.2) is 115 Å². The van der Waals surface area contributed by atoms with Crippen LogP contribution in [0.3, 0.4) is 0 Å². The smallest absolute Gasteiger partial charge is 0.341 e. The van der Waals surface area contributed by atoms with Gasteiger partial charge in [0.15, 0.2) is 6.61 Å². The number of rotatable bonds is 17. The third-order valence-corrected chi connectivity index (χ3v) is 8.48. The molecule has 0 saturated heterocycles. The van der Waals surface area contributed by atoms with E-state index in [4.69, 9.17) is 14.2 Å². The average molecular weight is 658 g/mol. The number of carbonyl (C=O) groups excluding carboxylic acids is 1. The van der Waals surface area contributed by atoms with Crippen LogP contribution < -0.4 is 19.5 Å². The number of carboxylic acids is 1. The molecular weight excluding hydrogens is 614 g/mol. The number of carboxylic acid groups (broad SMARTS) is 1. The molecule has 0 aromatic heterocycles. The first-order chi connectivity index (χ1) is 23.9. The van der Waals surface area contributed by atoms with Gasteiger partial charge in [-0.3, -0.25) is 4.79 Å². The molecule has 1 amide bonds. The van der Waals surface area contributed by atoms with Gasteiger partial charge in [0.1, 0.15) is 17.2 Å². The Morgan fingerprint density at radius 3 is 1.69 bits per heavy atom. The third-order valence-electron chi connectivity index (χ3n) is 8.48. The standard InChI is InChI=1S/C42H43NO6/c1-47-36-22-18-32(19-23-36)38-27-35(28-39(41(38)49-29-40(44)45)33-20-24-37(48-2)25-21-33)31-14-16-34(17-15-31)42(46)43-26-10-5-3-4-7-11-30-12-8-6-9-13-30/h6,8-9,12-25,27-28H,3-5,7,10-11,26,29H2,1-2H3,(H,43,46)(H,44,45). The summed E-state index contributed by atoms with van der Waals surface area (Å²) in [6, 6.07) is 37.2. The van der Waals surface area contributed by atoms with E-state index in [0.29, 0.717) is 29.4 Å². The summed E-state index contributed by atoms with van der Waals surface area (Å²) in [6.45, 7) is 0.150. The van der Waals surface area contributed by atoms with Gasteiger partial charge in [0, 0.05) is 23.2 Å². The minimum Gasteiger partial charge on any atom is -0.497 e. The highest BCUT2D eigenvalue weighted by Crippen LogP contribution is 2.43. The molecule has 0 heterocycles. The summed E-state index contributed by atoms with van der Waals surface area (Å²) in [5, 5.41) is 12.6. The molecule has 2 N–H and O–H groups in total. The largest absolute Gasteiger partial charge is 0.497 e. The van der Waals surface area contributed by atoms with E-state index in [1.807, 2.05) is 91.0 Å². The number of ether oxygens (including phenoxy) is 3. The lowest BCUT2D eigenvalue weighted by Crippen LogP contribution is -2.24. The molecule has 0 unspecified atom stereocenters. The number of hydrogen-bond acceptors (Lipinski definition) is 5. The molecule has 0 saturated carbocycles. The second-order valence-electron chi connectivity index (χ2n) is 11.9. The van der Waals surface area contributed by atoms with Crippen molar-refractivity contribution in [1.82, 2.24) is 5.32 Å². The Morgan fingerprint density at radius 2 is 1.14 bits per heavy atom. The molecule has 7 nitrogen and oxygen atoms in total. The number of aliphatic carboxylic acids is 1. The van der Waals surface area contributed by atoms with E-state index in [9.17, 15) is 14.7 Å². The Bertz CT molecular complexity index is 1730. The molecule has 5 aromatic carbocycles. The molecule has 0 aliphatic carbocycles. The van der Waals surface area contributed by atoms with Gasteiger partial charge >= 0.3 is 5.97 Å². The normalized spacial score (nSPS) is 10.7. The van der Waals surface area contributed by atoms with Crippen LogP contribution in [-0.4, -0.2) is 44.4 Å². The van der Waals surface area contributed by atoms with E-state index < -0.39 is 12.6 Å². The first-order valence-corrected chi connectivity index (χ1v) is 16.7. The van der Waals surface area contributed by atoms with Crippen LogP contribution in [0.5, 0.6) is 17.2 Å². The van der Waals surface area contributed by atoms with Crippen LogP contribution in [0.2, 0.25) is 0 Å². The Kier molecular flexibility index (Phi) is 12.5. The Morgan fingerprint density at radius 1 is 0.612 bits per heavy atom. The molecule has 0 aliphatic rings. The van der Waals surface area contributed by atoms with Crippen LogP contribution in [0.25, 0.3) is 33.4 Å². The third kappa shape index (κ3) is 9.73. The number of nitrogens with one attached hydrogen (secondary N) is 1. The van der Waals surface area contributed by atoms with Crippen molar-refractivity contribution in [2.75, 3.05) is 27.4 Å². The number of benzene rings is 5. The zero-order valence-electron chi connectivity index (χ0n) is 28.1. The van der Waals surface area contributed by atoms with Crippen molar-refractivity contribution in [3.63, 3.8) is 0 Å². The molecule has 5 aromatic rings. The molecule has 0 bridgehead atoms. The fourth-order valence-corrected chi connectivity index (χ4v) is 5.80. The predicted molar refractivity (Wildman–Crippen MR) is 195 cm³/mol. The Balaban J connectivity index is 1.31. The van der Waals surface area contributed by atoms with Crippen LogP contribution in [0, 0.1) is 0 Å². The molecular formula is C42H43NO6. The maximum absolute atomic E-state index is 12.9. The summed E-state index contributed by atoms with van der Waals surface area (Å²) in [7, 11) is 3.22. The topological polar surface area (TPSA) is 94.1 Å². The second-order valence-corrected chi connectivity index (χ2v) is 11.9. The molecule has 7 heteroatoms.